The predicted molar refractivity (Wildman–Crippen MR) is 84.2 cm³/mol. The molecular formula is C17H21N3O2. The molecule has 2 aromatic rings. The summed E-state index contributed by atoms with van der Waals surface area (Å²) in [6, 6.07) is 9.79. The van der Waals surface area contributed by atoms with E-state index in [0.717, 1.165) is 24.3 Å². The molecule has 0 saturated carbocycles. The number of hydrogen-bond acceptors (Lipinski definition) is 3. The number of carbonyl (C=O) groups excluding carboxylic acids is 1. The molecule has 1 aliphatic heterocycles. The Bertz CT molecular complexity index is 658. The van der Waals surface area contributed by atoms with Gasteiger partial charge in [-0.3, -0.25) is 4.79 Å². The molecule has 1 atom stereocenters. The van der Waals surface area contributed by atoms with Gasteiger partial charge in [-0.25, -0.2) is 4.68 Å². The Hall–Kier alpha value is -2.14. The highest BCUT2D eigenvalue weighted by Crippen LogP contribution is 2.26. The fourth-order valence-corrected chi connectivity index (χ4v) is 2.62. The van der Waals surface area contributed by atoms with Crippen LogP contribution in [0.15, 0.2) is 36.5 Å². The molecule has 3 rings (SSSR count). The third-order valence-electron chi connectivity index (χ3n) is 4.11. The van der Waals surface area contributed by atoms with Crippen molar-refractivity contribution in [1.29, 1.82) is 0 Å². The maximum Gasteiger partial charge on any atom is 0.272 e. The van der Waals surface area contributed by atoms with Gasteiger partial charge in [-0.1, -0.05) is 25.1 Å². The maximum atomic E-state index is 12.4. The highest BCUT2D eigenvalue weighted by atomic mass is 16.5. The molecule has 0 aliphatic carbocycles. The van der Waals surface area contributed by atoms with Crippen LogP contribution in [0.25, 0.3) is 5.69 Å². The molecule has 1 aliphatic rings. The first-order chi connectivity index (χ1) is 10.6. The molecule has 0 bridgehead atoms. The number of hydrogen-bond donors (Lipinski definition) is 1. The Kier molecular flexibility index (Phi) is 3.98. The largest absolute Gasteiger partial charge is 0.381 e. The molecule has 0 radical (unpaired) electrons. The van der Waals surface area contributed by atoms with Gasteiger partial charge in [0.05, 0.1) is 12.3 Å². The summed E-state index contributed by atoms with van der Waals surface area (Å²) < 4.78 is 7.15. The Labute approximate surface area is 130 Å². The minimum absolute atomic E-state index is 0.0333. The minimum Gasteiger partial charge on any atom is -0.381 e. The van der Waals surface area contributed by atoms with Crippen molar-refractivity contribution in [2.45, 2.75) is 20.3 Å². The molecule has 5 heteroatoms. The molecule has 5 nitrogen and oxygen atoms in total. The Morgan fingerprint density at radius 2 is 2.18 bits per heavy atom. The number of nitrogens with zero attached hydrogens (tertiary/aromatic N) is 2. The number of aromatic nitrogens is 2. The van der Waals surface area contributed by atoms with Crippen LogP contribution in [0.3, 0.4) is 0 Å². The topological polar surface area (TPSA) is 56.2 Å². The van der Waals surface area contributed by atoms with E-state index in [1.807, 2.05) is 43.5 Å². The second-order valence-corrected chi connectivity index (χ2v) is 6.24. The van der Waals surface area contributed by atoms with Crippen molar-refractivity contribution in [3.8, 4) is 5.69 Å². The molecular weight excluding hydrogens is 278 g/mol. The van der Waals surface area contributed by atoms with Crippen molar-refractivity contribution < 1.29 is 9.53 Å². The van der Waals surface area contributed by atoms with Gasteiger partial charge in [0.1, 0.15) is 0 Å². The lowest BCUT2D eigenvalue weighted by Gasteiger charge is -2.21. The monoisotopic (exact) mass is 299 g/mol. The second kappa shape index (κ2) is 5.93. The number of amides is 1. The molecule has 1 fully saturated rings. The van der Waals surface area contributed by atoms with Gasteiger partial charge in [-0.15, -0.1) is 0 Å². The first-order valence-electron chi connectivity index (χ1n) is 7.55. The Morgan fingerprint density at radius 3 is 2.86 bits per heavy atom. The fraction of sp³-hybridized carbons (Fsp3) is 0.412. The van der Waals surface area contributed by atoms with Crippen LogP contribution in [-0.4, -0.2) is 35.4 Å². The van der Waals surface area contributed by atoms with Gasteiger partial charge in [-0.05, 0) is 25.5 Å². The average Bonchev–Trinajstić information content (AvgIpc) is 3.13. The van der Waals surface area contributed by atoms with Gasteiger partial charge in [-0.2, -0.15) is 5.10 Å². The number of ether oxygens (including phenoxy) is 1. The predicted octanol–water partition coefficient (Wildman–Crippen LogP) is 2.34. The summed E-state index contributed by atoms with van der Waals surface area (Å²) >= 11 is 0. The zero-order valence-corrected chi connectivity index (χ0v) is 13.0. The van der Waals surface area contributed by atoms with E-state index in [1.165, 1.54) is 0 Å². The summed E-state index contributed by atoms with van der Waals surface area (Å²) in [6.07, 6.45) is 2.86. The van der Waals surface area contributed by atoms with E-state index in [9.17, 15) is 4.79 Å². The second-order valence-electron chi connectivity index (χ2n) is 6.24. The molecule has 0 spiro atoms. The van der Waals surface area contributed by atoms with E-state index in [2.05, 4.69) is 17.3 Å². The summed E-state index contributed by atoms with van der Waals surface area (Å²) in [4.78, 5) is 12.4. The lowest BCUT2D eigenvalue weighted by molar-refractivity contribution is 0.0919. The number of para-hydroxylation sites is 1. The van der Waals surface area contributed by atoms with Crippen molar-refractivity contribution in [1.82, 2.24) is 15.1 Å². The lowest BCUT2D eigenvalue weighted by atomic mass is 9.90. The zero-order valence-electron chi connectivity index (χ0n) is 13.0. The summed E-state index contributed by atoms with van der Waals surface area (Å²) in [5.41, 5.74) is 2.33. The highest BCUT2D eigenvalue weighted by Gasteiger charge is 2.30. The van der Waals surface area contributed by atoms with Crippen molar-refractivity contribution >= 4 is 5.91 Å². The van der Waals surface area contributed by atoms with Crippen molar-refractivity contribution in [2.24, 2.45) is 5.41 Å². The molecule has 1 saturated heterocycles. The van der Waals surface area contributed by atoms with Gasteiger partial charge < -0.3 is 10.1 Å². The standard InChI is InChI=1S/C17H21N3O2/c1-13-10-20(14-6-4-3-5-7-14)19-15(13)16(21)18-11-17(2)8-9-22-12-17/h3-7,10H,8-9,11-12H2,1-2H3,(H,18,21). The normalized spacial score (nSPS) is 21.0. The molecule has 1 unspecified atom stereocenters. The van der Waals surface area contributed by atoms with Crippen LogP contribution < -0.4 is 5.32 Å². The van der Waals surface area contributed by atoms with Gasteiger partial charge in [0.2, 0.25) is 0 Å². The Morgan fingerprint density at radius 1 is 1.41 bits per heavy atom. The fourth-order valence-electron chi connectivity index (χ4n) is 2.62. The van der Waals surface area contributed by atoms with Crippen molar-refractivity contribution in [3.05, 3.63) is 47.8 Å². The first kappa shape index (κ1) is 14.8. The van der Waals surface area contributed by atoms with Crippen LogP contribution in [-0.2, 0) is 4.74 Å². The van der Waals surface area contributed by atoms with E-state index < -0.39 is 0 Å². The smallest absolute Gasteiger partial charge is 0.272 e. The number of aryl methyl sites for hydroxylation is 1. The third kappa shape index (κ3) is 3.04. The minimum atomic E-state index is -0.125. The molecule has 1 N–H and O–H groups in total. The molecule has 22 heavy (non-hydrogen) atoms. The van der Waals surface area contributed by atoms with Crippen LogP contribution in [0.4, 0.5) is 0 Å². The lowest BCUT2D eigenvalue weighted by Crippen LogP contribution is -2.36. The number of benzene rings is 1. The third-order valence-corrected chi connectivity index (χ3v) is 4.11. The number of nitrogens with one attached hydrogen (secondary N) is 1. The molecule has 1 aromatic heterocycles. The van der Waals surface area contributed by atoms with Crippen LogP contribution in [0.5, 0.6) is 0 Å². The van der Waals surface area contributed by atoms with Gasteiger partial charge in [0.15, 0.2) is 5.69 Å². The van der Waals surface area contributed by atoms with E-state index >= 15 is 0 Å². The van der Waals surface area contributed by atoms with Crippen molar-refractivity contribution in [2.75, 3.05) is 19.8 Å². The van der Waals surface area contributed by atoms with Crippen LogP contribution >= 0.6 is 0 Å². The molecule has 2 heterocycles. The van der Waals surface area contributed by atoms with Crippen molar-refractivity contribution in [3.63, 3.8) is 0 Å². The van der Waals surface area contributed by atoms with E-state index in [4.69, 9.17) is 4.74 Å². The molecule has 1 aromatic carbocycles. The SMILES string of the molecule is Cc1cn(-c2ccccc2)nc1C(=O)NCC1(C)CCOC1. The molecule has 1 amide bonds. The highest BCUT2D eigenvalue weighted by molar-refractivity contribution is 5.93. The van der Waals surface area contributed by atoms with E-state index in [0.29, 0.717) is 18.8 Å². The maximum absolute atomic E-state index is 12.4. The quantitative estimate of drug-likeness (QED) is 0.942. The van der Waals surface area contributed by atoms with Gasteiger partial charge in [0.25, 0.3) is 5.91 Å². The van der Waals surface area contributed by atoms with Gasteiger partial charge in [0, 0.05) is 30.3 Å². The first-order valence-corrected chi connectivity index (χ1v) is 7.55. The van der Waals surface area contributed by atoms with Crippen LogP contribution in [0, 0.1) is 12.3 Å². The van der Waals surface area contributed by atoms with E-state index in [1.54, 1.807) is 4.68 Å². The van der Waals surface area contributed by atoms with Gasteiger partial charge >= 0.3 is 0 Å². The summed E-state index contributed by atoms with van der Waals surface area (Å²) in [5.74, 6) is -0.125. The average molecular weight is 299 g/mol. The molecule has 116 valence electrons. The van der Waals surface area contributed by atoms with E-state index in [-0.39, 0.29) is 11.3 Å². The summed E-state index contributed by atoms with van der Waals surface area (Å²) in [7, 11) is 0. The number of rotatable bonds is 4. The number of carbonyl (C=O) groups is 1. The zero-order chi connectivity index (χ0) is 15.6. The van der Waals surface area contributed by atoms with Crippen LogP contribution in [0.1, 0.15) is 29.4 Å². The summed E-state index contributed by atoms with van der Waals surface area (Å²) in [6.45, 7) is 6.12. The Balaban J connectivity index is 1.72. The van der Waals surface area contributed by atoms with Crippen LogP contribution in [0.2, 0.25) is 0 Å². The summed E-state index contributed by atoms with van der Waals surface area (Å²) in [5, 5.41) is 7.41.